The van der Waals surface area contributed by atoms with Gasteiger partial charge in [0.05, 0.1) is 12.0 Å². The van der Waals surface area contributed by atoms with Crippen LogP contribution in [0, 0.1) is 12.3 Å². The maximum absolute atomic E-state index is 12.3. The number of rotatable bonds is 4. The fraction of sp³-hybridized carbons (Fsp3) is 0.600. The molecule has 0 aromatic carbocycles. The minimum atomic E-state index is -0.515. The monoisotopic (exact) mass is 296 g/mol. The van der Waals surface area contributed by atoms with Crippen LogP contribution in [0.3, 0.4) is 0 Å². The van der Waals surface area contributed by atoms with Gasteiger partial charge in [-0.05, 0) is 26.3 Å². The lowest BCUT2D eigenvalue weighted by Gasteiger charge is -2.27. The number of nitrogens with zero attached hydrogens (tertiary/aromatic N) is 2. The summed E-state index contributed by atoms with van der Waals surface area (Å²) in [5.74, 6) is 1.04. The van der Waals surface area contributed by atoms with E-state index >= 15 is 0 Å². The molecule has 0 saturated carbocycles. The van der Waals surface area contributed by atoms with Gasteiger partial charge in [0.1, 0.15) is 6.10 Å². The fourth-order valence-corrected chi connectivity index (χ4v) is 2.30. The Morgan fingerprint density at radius 3 is 2.90 bits per heavy atom. The van der Waals surface area contributed by atoms with Gasteiger partial charge in [0.25, 0.3) is 0 Å². The van der Waals surface area contributed by atoms with Gasteiger partial charge >= 0.3 is 0 Å². The molecule has 4 nitrogen and oxygen atoms in total. The van der Waals surface area contributed by atoms with Crippen LogP contribution in [-0.4, -0.2) is 40.9 Å². The van der Waals surface area contributed by atoms with Gasteiger partial charge < -0.3 is 9.64 Å². The molecule has 1 amide bonds. The average molecular weight is 297 g/mol. The van der Waals surface area contributed by atoms with Crippen molar-refractivity contribution in [2.75, 3.05) is 19.0 Å². The Hall–Kier alpha value is -1.29. The van der Waals surface area contributed by atoms with E-state index in [-0.39, 0.29) is 12.0 Å². The molecular formula is C15H21ClN2O2. The summed E-state index contributed by atoms with van der Waals surface area (Å²) in [5.41, 5.74) is 0.586. The molecule has 0 aliphatic carbocycles. The molecule has 110 valence electrons. The number of hydrogen-bond acceptors (Lipinski definition) is 3. The van der Waals surface area contributed by atoms with E-state index in [2.05, 4.69) is 4.98 Å². The predicted molar refractivity (Wildman–Crippen MR) is 79.1 cm³/mol. The van der Waals surface area contributed by atoms with Crippen LogP contribution in [0.25, 0.3) is 0 Å². The number of likely N-dealkylation sites (tertiary alicyclic amines) is 1. The van der Waals surface area contributed by atoms with Crippen LogP contribution in [0.2, 0.25) is 0 Å². The molecule has 1 aliphatic rings. The number of aromatic nitrogens is 1. The number of carbonyl (C=O) groups is 1. The van der Waals surface area contributed by atoms with E-state index in [1.165, 1.54) is 0 Å². The second kappa shape index (κ2) is 6.00. The highest BCUT2D eigenvalue weighted by atomic mass is 35.5. The van der Waals surface area contributed by atoms with Crippen LogP contribution in [0.4, 0.5) is 0 Å². The third-order valence-corrected chi connectivity index (χ3v) is 4.19. The van der Waals surface area contributed by atoms with Crippen LogP contribution in [0.5, 0.6) is 5.88 Å². The van der Waals surface area contributed by atoms with Crippen LogP contribution in [-0.2, 0) is 4.79 Å². The first-order valence-corrected chi connectivity index (χ1v) is 7.40. The number of pyridine rings is 1. The van der Waals surface area contributed by atoms with Gasteiger partial charge in [0, 0.05) is 31.1 Å². The van der Waals surface area contributed by atoms with Crippen LogP contribution < -0.4 is 4.74 Å². The van der Waals surface area contributed by atoms with Crippen molar-refractivity contribution < 1.29 is 9.53 Å². The number of alkyl halides is 1. The highest BCUT2D eigenvalue weighted by molar-refractivity contribution is 6.19. The number of aryl methyl sites for hydroxylation is 1. The van der Waals surface area contributed by atoms with Gasteiger partial charge in [-0.3, -0.25) is 4.79 Å². The Balaban J connectivity index is 1.92. The molecule has 0 radical (unpaired) electrons. The smallest absolute Gasteiger partial charge is 0.229 e. The Morgan fingerprint density at radius 1 is 1.55 bits per heavy atom. The standard InChI is InChI=1S/C15H21ClN2O2/c1-11-4-5-13(17-8-11)20-12-6-7-18(9-12)14(19)15(2,3)10-16/h4-5,8,12H,6-7,9-10H2,1-3H3. The molecule has 0 bridgehead atoms. The lowest BCUT2D eigenvalue weighted by atomic mass is 9.94. The number of carbonyl (C=O) groups excluding carboxylic acids is 1. The number of halogens is 1. The quantitative estimate of drug-likeness (QED) is 0.802. The Labute approximate surface area is 125 Å². The number of ether oxygens (including phenoxy) is 1. The highest BCUT2D eigenvalue weighted by Gasteiger charge is 2.36. The van der Waals surface area contributed by atoms with Gasteiger partial charge in [0.15, 0.2) is 0 Å². The van der Waals surface area contributed by atoms with Crippen LogP contribution in [0.15, 0.2) is 18.3 Å². The zero-order chi connectivity index (χ0) is 14.8. The molecule has 2 heterocycles. The lowest BCUT2D eigenvalue weighted by molar-refractivity contribution is -0.138. The minimum absolute atomic E-state index is 0.0141. The normalized spacial score (nSPS) is 19.2. The summed E-state index contributed by atoms with van der Waals surface area (Å²) in [6.07, 6.45) is 2.63. The van der Waals surface area contributed by atoms with Gasteiger partial charge in [-0.2, -0.15) is 0 Å². The lowest BCUT2D eigenvalue weighted by Crippen LogP contribution is -2.41. The van der Waals surface area contributed by atoms with Gasteiger partial charge in [-0.15, -0.1) is 11.6 Å². The Morgan fingerprint density at radius 2 is 2.30 bits per heavy atom. The molecule has 1 unspecified atom stereocenters. The van der Waals surface area contributed by atoms with Gasteiger partial charge in [-0.1, -0.05) is 6.07 Å². The van der Waals surface area contributed by atoms with Crippen molar-refractivity contribution in [1.82, 2.24) is 9.88 Å². The summed E-state index contributed by atoms with van der Waals surface area (Å²) in [7, 11) is 0. The molecular weight excluding hydrogens is 276 g/mol. The predicted octanol–water partition coefficient (Wildman–Crippen LogP) is 2.63. The van der Waals surface area contributed by atoms with E-state index in [9.17, 15) is 4.79 Å². The minimum Gasteiger partial charge on any atom is -0.472 e. The zero-order valence-corrected chi connectivity index (χ0v) is 13.0. The summed E-state index contributed by atoms with van der Waals surface area (Å²) >= 11 is 5.86. The molecule has 5 heteroatoms. The number of amides is 1. The molecule has 1 aromatic rings. The maximum Gasteiger partial charge on any atom is 0.229 e. The Bertz CT molecular complexity index is 473. The second-order valence-corrected chi connectivity index (χ2v) is 6.24. The van der Waals surface area contributed by atoms with Crippen molar-refractivity contribution in [3.63, 3.8) is 0 Å². The van der Waals surface area contributed by atoms with E-state index in [4.69, 9.17) is 16.3 Å². The summed E-state index contributed by atoms with van der Waals surface area (Å²) < 4.78 is 5.82. The van der Waals surface area contributed by atoms with Gasteiger partial charge in [0.2, 0.25) is 11.8 Å². The fourth-order valence-electron chi connectivity index (χ4n) is 2.19. The molecule has 1 fully saturated rings. The summed E-state index contributed by atoms with van der Waals surface area (Å²) in [5, 5.41) is 0. The first-order chi connectivity index (χ1) is 9.42. The SMILES string of the molecule is Cc1ccc(OC2CCN(C(=O)C(C)(C)CCl)C2)nc1. The van der Waals surface area contributed by atoms with E-state index in [1.54, 1.807) is 6.20 Å². The first-order valence-electron chi connectivity index (χ1n) is 6.87. The molecule has 20 heavy (non-hydrogen) atoms. The average Bonchev–Trinajstić information content (AvgIpc) is 2.89. The highest BCUT2D eigenvalue weighted by Crippen LogP contribution is 2.25. The van der Waals surface area contributed by atoms with E-state index in [0.29, 0.717) is 18.3 Å². The van der Waals surface area contributed by atoms with E-state index in [1.807, 2.05) is 37.8 Å². The third kappa shape index (κ3) is 3.42. The van der Waals surface area contributed by atoms with Gasteiger partial charge in [-0.25, -0.2) is 4.98 Å². The van der Waals surface area contributed by atoms with Crippen LogP contribution >= 0.6 is 11.6 Å². The molecule has 1 aromatic heterocycles. The van der Waals surface area contributed by atoms with Crippen LogP contribution in [0.1, 0.15) is 25.8 Å². The van der Waals surface area contributed by atoms with E-state index in [0.717, 1.165) is 18.5 Å². The second-order valence-electron chi connectivity index (χ2n) is 5.97. The third-order valence-electron chi connectivity index (χ3n) is 3.52. The summed E-state index contributed by atoms with van der Waals surface area (Å²) in [6.45, 7) is 7.06. The van der Waals surface area contributed by atoms with E-state index < -0.39 is 5.41 Å². The van der Waals surface area contributed by atoms with Crippen molar-refractivity contribution in [3.8, 4) is 5.88 Å². The summed E-state index contributed by atoms with van der Waals surface area (Å²) in [6, 6.07) is 3.83. The molecule has 2 rings (SSSR count). The summed E-state index contributed by atoms with van der Waals surface area (Å²) in [4.78, 5) is 18.4. The molecule has 1 aliphatic heterocycles. The topological polar surface area (TPSA) is 42.4 Å². The first kappa shape index (κ1) is 15.1. The largest absolute Gasteiger partial charge is 0.472 e. The molecule has 1 saturated heterocycles. The molecule has 0 spiro atoms. The maximum atomic E-state index is 12.3. The molecule has 0 N–H and O–H groups in total. The van der Waals surface area contributed by atoms with Crippen molar-refractivity contribution in [2.45, 2.75) is 33.3 Å². The van der Waals surface area contributed by atoms with Crippen molar-refractivity contribution >= 4 is 17.5 Å². The van der Waals surface area contributed by atoms with Crippen molar-refractivity contribution in [2.24, 2.45) is 5.41 Å². The zero-order valence-electron chi connectivity index (χ0n) is 12.2. The van der Waals surface area contributed by atoms with Crippen molar-refractivity contribution in [3.05, 3.63) is 23.9 Å². The Kier molecular flexibility index (Phi) is 4.53. The van der Waals surface area contributed by atoms with Crippen molar-refractivity contribution in [1.29, 1.82) is 0 Å². The molecule has 1 atom stereocenters. The number of hydrogen-bond donors (Lipinski definition) is 0.